The van der Waals surface area contributed by atoms with Gasteiger partial charge in [0.2, 0.25) is 0 Å². The van der Waals surface area contributed by atoms with Gasteiger partial charge in [0.1, 0.15) is 0 Å². The summed E-state index contributed by atoms with van der Waals surface area (Å²) in [4.78, 5) is 40.2. The van der Waals surface area contributed by atoms with E-state index in [2.05, 4.69) is 10.2 Å². The van der Waals surface area contributed by atoms with Crippen LogP contribution in [0.3, 0.4) is 0 Å². The van der Waals surface area contributed by atoms with E-state index in [9.17, 15) is 14.4 Å². The summed E-state index contributed by atoms with van der Waals surface area (Å²) in [5.74, 6) is -1.31. The Hall–Kier alpha value is -1.99. The predicted octanol–water partition coefficient (Wildman–Crippen LogP) is 0.0550. The zero-order chi connectivity index (χ0) is 14.3. The second-order valence-corrected chi connectivity index (χ2v) is 5.29. The molecule has 0 aromatic heterocycles. The van der Waals surface area contributed by atoms with E-state index in [1.165, 1.54) is 4.90 Å². The Morgan fingerprint density at radius 3 is 2.30 bits per heavy atom. The molecule has 0 bridgehead atoms. The molecular formula is C12H17N5O3. The average Bonchev–Trinajstić information content (AvgIpc) is 3.21. The number of piperidine rings is 1. The number of piperazine rings is 1. The van der Waals surface area contributed by atoms with Gasteiger partial charge in [-0.2, -0.15) is 10.2 Å². The highest BCUT2D eigenvalue weighted by Gasteiger charge is 2.45. The molecule has 20 heavy (non-hydrogen) atoms. The van der Waals surface area contributed by atoms with Crippen molar-refractivity contribution in [1.82, 2.24) is 14.7 Å². The molecule has 0 N–H and O–H groups in total. The average molecular weight is 279 g/mol. The van der Waals surface area contributed by atoms with Gasteiger partial charge >= 0.3 is 17.8 Å². The van der Waals surface area contributed by atoms with Gasteiger partial charge in [0.15, 0.2) is 5.66 Å². The van der Waals surface area contributed by atoms with Crippen molar-refractivity contribution in [2.75, 3.05) is 32.7 Å². The molecule has 3 aliphatic rings. The highest BCUT2D eigenvalue weighted by atomic mass is 16.2. The molecule has 2 saturated heterocycles. The summed E-state index contributed by atoms with van der Waals surface area (Å²) >= 11 is 0. The molecule has 0 aliphatic carbocycles. The van der Waals surface area contributed by atoms with Gasteiger partial charge in [0.25, 0.3) is 0 Å². The highest BCUT2D eigenvalue weighted by molar-refractivity contribution is 6.38. The number of amides is 4. The molecule has 0 aromatic carbocycles. The third kappa shape index (κ3) is 2.04. The third-order valence-corrected chi connectivity index (χ3v) is 4.14. The van der Waals surface area contributed by atoms with Crippen molar-refractivity contribution in [3.63, 3.8) is 0 Å². The Morgan fingerprint density at radius 2 is 1.75 bits per heavy atom. The van der Waals surface area contributed by atoms with Gasteiger partial charge in [-0.15, -0.1) is 0 Å². The minimum atomic E-state index is -0.718. The largest absolute Gasteiger partial charge is 0.333 e. The van der Waals surface area contributed by atoms with Crippen LogP contribution >= 0.6 is 0 Å². The number of likely N-dealkylation sites (N-methyl/N-ethyl adjacent to an activating group) is 1. The molecule has 0 radical (unpaired) electrons. The number of likely N-dealkylation sites (tertiary alicyclic amines) is 1. The van der Waals surface area contributed by atoms with Crippen molar-refractivity contribution in [2.24, 2.45) is 10.2 Å². The van der Waals surface area contributed by atoms with Crippen LogP contribution in [-0.4, -0.2) is 70.9 Å². The zero-order valence-electron chi connectivity index (χ0n) is 11.4. The van der Waals surface area contributed by atoms with E-state index in [1.54, 1.807) is 4.90 Å². The lowest BCUT2D eigenvalue weighted by molar-refractivity contribution is -0.153. The molecule has 108 valence electrons. The fourth-order valence-corrected chi connectivity index (χ4v) is 2.66. The molecule has 4 amide bonds. The Labute approximate surface area is 116 Å². The van der Waals surface area contributed by atoms with Gasteiger partial charge < -0.3 is 9.80 Å². The molecule has 1 spiro atoms. The van der Waals surface area contributed by atoms with Crippen molar-refractivity contribution in [1.29, 1.82) is 0 Å². The van der Waals surface area contributed by atoms with E-state index in [0.29, 0.717) is 39.0 Å². The normalized spacial score (nSPS) is 24.6. The van der Waals surface area contributed by atoms with Crippen molar-refractivity contribution in [3.8, 4) is 0 Å². The molecule has 0 saturated carbocycles. The molecule has 0 unspecified atom stereocenters. The summed E-state index contributed by atoms with van der Waals surface area (Å²) in [6.07, 6.45) is 1.41. The summed E-state index contributed by atoms with van der Waals surface area (Å²) in [5.41, 5.74) is -0.252. The Kier molecular flexibility index (Phi) is 2.95. The van der Waals surface area contributed by atoms with Crippen molar-refractivity contribution >= 4 is 17.8 Å². The van der Waals surface area contributed by atoms with Crippen LogP contribution in [0.4, 0.5) is 4.79 Å². The Balaban J connectivity index is 1.62. The molecule has 8 heteroatoms. The number of rotatable bonds is 1. The maximum atomic E-state index is 12.3. The highest BCUT2D eigenvalue weighted by Crippen LogP contribution is 2.38. The van der Waals surface area contributed by atoms with E-state index in [4.69, 9.17) is 0 Å². The van der Waals surface area contributed by atoms with E-state index >= 15 is 0 Å². The maximum absolute atomic E-state index is 12.3. The van der Waals surface area contributed by atoms with Crippen LogP contribution in [0, 0.1) is 0 Å². The van der Waals surface area contributed by atoms with Crippen LogP contribution in [0.25, 0.3) is 0 Å². The van der Waals surface area contributed by atoms with Crippen LogP contribution < -0.4 is 0 Å². The van der Waals surface area contributed by atoms with E-state index in [0.717, 1.165) is 4.90 Å². The number of hydrogen-bond donors (Lipinski definition) is 0. The lowest BCUT2D eigenvalue weighted by atomic mass is 10.0. The fourth-order valence-electron chi connectivity index (χ4n) is 2.66. The van der Waals surface area contributed by atoms with E-state index in [1.807, 2.05) is 6.92 Å². The number of carbonyl (C=O) groups excluding carboxylic acids is 3. The van der Waals surface area contributed by atoms with Crippen molar-refractivity contribution in [2.45, 2.75) is 25.4 Å². The first-order valence-electron chi connectivity index (χ1n) is 6.90. The topological polar surface area (TPSA) is 85.7 Å². The van der Waals surface area contributed by atoms with Crippen LogP contribution in [0.15, 0.2) is 10.2 Å². The summed E-state index contributed by atoms with van der Waals surface area (Å²) < 4.78 is 0. The van der Waals surface area contributed by atoms with Crippen LogP contribution in [0.1, 0.15) is 19.8 Å². The van der Waals surface area contributed by atoms with Gasteiger partial charge in [0, 0.05) is 45.6 Å². The van der Waals surface area contributed by atoms with Gasteiger partial charge in [-0.3, -0.25) is 14.5 Å². The lowest BCUT2D eigenvalue weighted by Crippen LogP contribution is -2.59. The van der Waals surface area contributed by atoms with Crippen molar-refractivity contribution in [3.05, 3.63) is 0 Å². The van der Waals surface area contributed by atoms with Crippen LogP contribution in [0.5, 0.6) is 0 Å². The first-order chi connectivity index (χ1) is 9.56. The Bertz CT molecular complexity index is 487. The molecule has 0 aromatic rings. The standard InChI is InChI=1S/C12H17N5O3/c1-2-15-7-8-17(10(19)9(15)18)11(20)16-5-3-12(4-6-16)13-14-12/h2-8H2,1H3. The van der Waals surface area contributed by atoms with Crippen LogP contribution in [-0.2, 0) is 9.59 Å². The Morgan fingerprint density at radius 1 is 1.10 bits per heavy atom. The summed E-state index contributed by atoms with van der Waals surface area (Å²) in [6.45, 7) is 4.04. The number of carbonyl (C=O) groups is 3. The van der Waals surface area contributed by atoms with Gasteiger partial charge in [-0.1, -0.05) is 0 Å². The quantitative estimate of drug-likeness (QED) is 0.636. The van der Waals surface area contributed by atoms with E-state index in [-0.39, 0.29) is 18.2 Å². The van der Waals surface area contributed by atoms with Gasteiger partial charge in [0.05, 0.1) is 0 Å². The number of urea groups is 1. The second-order valence-electron chi connectivity index (χ2n) is 5.29. The molecule has 3 rings (SSSR count). The monoisotopic (exact) mass is 279 g/mol. The first-order valence-corrected chi connectivity index (χ1v) is 6.90. The number of nitrogens with zero attached hydrogens (tertiary/aromatic N) is 5. The smallest absolute Gasteiger partial charge is 0.327 e. The maximum Gasteiger partial charge on any atom is 0.327 e. The van der Waals surface area contributed by atoms with E-state index < -0.39 is 11.8 Å². The molecule has 3 aliphatic heterocycles. The third-order valence-electron chi connectivity index (χ3n) is 4.14. The number of hydrogen-bond acceptors (Lipinski definition) is 5. The molecule has 0 atom stereocenters. The minimum Gasteiger partial charge on any atom is -0.333 e. The fraction of sp³-hybridized carbons (Fsp3) is 0.750. The van der Waals surface area contributed by atoms with Crippen molar-refractivity contribution < 1.29 is 14.4 Å². The summed E-state index contributed by atoms with van der Waals surface area (Å²) in [7, 11) is 0. The number of imide groups is 1. The zero-order valence-corrected chi connectivity index (χ0v) is 11.4. The van der Waals surface area contributed by atoms with Gasteiger partial charge in [-0.05, 0) is 6.92 Å². The predicted molar refractivity (Wildman–Crippen MR) is 67.8 cm³/mol. The van der Waals surface area contributed by atoms with Gasteiger partial charge in [-0.25, -0.2) is 4.79 Å². The summed E-state index contributed by atoms with van der Waals surface area (Å²) in [6, 6.07) is -0.366. The second kappa shape index (κ2) is 4.53. The SMILES string of the molecule is CCN1CCN(C(=O)N2CCC3(CC2)N=N3)C(=O)C1=O. The molecular weight excluding hydrogens is 262 g/mol. The molecule has 8 nitrogen and oxygen atoms in total. The summed E-state index contributed by atoms with van der Waals surface area (Å²) in [5, 5.41) is 7.99. The lowest BCUT2D eigenvalue weighted by Gasteiger charge is -2.37. The van der Waals surface area contributed by atoms with Crippen LogP contribution in [0.2, 0.25) is 0 Å². The minimum absolute atomic E-state index is 0.252. The molecule has 2 fully saturated rings. The molecule has 3 heterocycles. The first kappa shape index (κ1) is 13.0.